The van der Waals surface area contributed by atoms with Gasteiger partial charge in [-0.1, -0.05) is 43.3 Å². The Morgan fingerprint density at radius 2 is 1.79 bits per heavy atom. The predicted molar refractivity (Wildman–Crippen MR) is 78.7 cm³/mol. The average Bonchev–Trinajstić information content (AvgIpc) is 2.46. The fraction of sp³-hybridized carbons (Fsp3) is 0.294. The van der Waals surface area contributed by atoms with Crippen LogP contribution < -0.4 is 10.1 Å². The van der Waals surface area contributed by atoms with E-state index in [2.05, 4.69) is 48.6 Å². The molecule has 0 spiro atoms. The topological polar surface area (TPSA) is 21.3 Å². The van der Waals surface area contributed by atoms with Crippen molar-refractivity contribution in [3.8, 4) is 5.75 Å². The van der Waals surface area contributed by atoms with Gasteiger partial charge in [0.2, 0.25) is 0 Å². The lowest BCUT2D eigenvalue weighted by Gasteiger charge is -2.33. The van der Waals surface area contributed by atoms with Crippen LogP contribution in [0, 0.1) is 5.92 Å². The molecule has 2 heteroatoms. The summed E-state index contributed by atoms with van der Waals surface area (Å²) in [6.45, 7) is 2.29. The summed E-state index contributed by atoms with van der Waals surface area (Å²) in [5.74, 6) is 1.51. The van der Waals surface area contributed by atoms with Crippen LogP contribution in [-0.2, 0) is 6.42 Å². The highest BCUT2D eigenvalue weighted by atomic mass is 16.5. The van der Waals surface area contributed by atoms with E-state index in [9.17, 15) is 0 Å². The Balaban J connectivity index is 1.98. The van der Waals surface area contributed by atoms with Crippen molar-refractivity contribution in [3.05, 3.63) is 59.7 Å². The summed E-state index contributed by atoms with van der Waals surface area (Å²) in [6, 6.07) is 17.1. The number of anilines is 1. The van der Waals surface area contributed by atoms with Crippen molar-refractivity contribution in [1.29, 1.82) is 0 Å². The Bertz CT molecular complexity index is 579. The Morgan fingerprint density at radius 3 is 2.63 bits per heavy atom. The maximum atomic E-state index is 5.49. The van der Waals surface area contributed by atoms with Gasteiger partial charge in [-0.2, -0.15) is 0 Å². The quantitative estimate of drug-likeness (QED) is 0.872. The third kappa shape index (κ3) is 2.19. The molecule has 1 heterocycles. The number of nitrogens with one attached hydrogen (secondary N) is 1. The molecular formula is C17H19NO. The van der Waals surface area contributed by atoms with Crippen LogP contribution in [-0.4, -0.2) is 7.11 Å². The first kappa shape index (κ1) is 12.1. The lowest BCUT2D eigenvalue weighted by atomic mass is 9.84. The number of hydrogen-bond acceptors (Lipinski definition) is 2. The van der Waals surface area contributed by atoms with Crippen LogP contribution in [0.5, 0.6) is 5.75 Å². The van der Waals surface area contributed by atoms with E-state index in [1.54, 1.807) is 7.11 Å². The normalized spacial score (nSPS) is 21.4. The largest absolute Gasteiger partial charge is 0.496 e. The molecule has 1 aliphatic rings. The van der Waals surface area contributed by atoms with E-state index >= 15 is 0 Å². The minimum absolute atomic E-state index is 0.311. The lowest BCUT2D eigenvalue weighted by Crippen LogP contribution is -2.26. The van der Waals surface area contributed by atoms with E-state index in [1.165, 1.54) is 16.8 Å². The fourth-order valence-corrected chi connectivity index (χ4v) is 2.92. The summed E-state index contributed by atoms with van der Waals surface area (Å²) in [7, 11) is 1.74. The third-order valence-corrected chi connectivity index (χ3v) is 3.91. The summed E-state index contributed by atoms with van der Waals surface area (Å²) >= 11 is 0. The third-order valence-electron chi connectivity index (χ3n) is 3.91. The summed E-state index contributed by atoms with van der Waals surface area (Å²) in [6.07, 6.45) is 1.10. The van der Waals surface area contributed by atoms with Gasteiger partial charge >= 0.3 is 0 Å². The second-order valence-corrected chi connectivity index (χ2v) is 5.20. The molecule has 0 aliphatic carbocycles. The molecule has 2 atom stereocenters. The number of hydrogen-bond donors (Lipinski definition) is 1. The minimum Gasteiger partial charge on any atom is -0.496 e. The number of benzene rings is 2. The van der Waals surface area contributed by atoms with Crippen LogP contribution in [0.2, 0.25) is 0 Å². The molecule has 0 radical (unpaired) electrons. The van der Waals surface area contributed by atoms with Crippen LogP contribution in [0.15, 0.2) is 48.5 Å². The van der Waals surface area contributed by atoms with Crippen LogP contribution in [0.1, 0.15) is 24.1 Å². The minimum atomic E-state index is 0.311. The molecular weight excluding hydrogens is 234 g/mol. The molecule has 0 bridgehead atoms. The molecule has 2 nitrogen and oxygen atoms in total. The molecule has 0 aromatic heterocycles. The van der Waals surface area contributed by atoms with Gasteiger partial charge in [-0.3, -0.25) is 0 Å². The Morgan fingerprint density at radius 1 is 1.05 bits per heavy atom. The average molecular weight is 253 g/mol. The molecule has 2 unspecified atom stereocenters. The highest BCUT2D eigenvalue weighted by Crippen LogP contribution is 2.39. The van der Waals surface area contributed by atoms with Crippen molar-refractivity contribution < 1.29 is 4.74 Å². The lowest BCUT2D eigenvalue weighted by molar-refractivity contribution is 0.394. The highest BCUT2D eigenvalue weighted by molar-refractivity contribution is 5.56. The van der Waals surface area contributed by atoms with Gasteiger partial charge in [0.05, 0.1) is 13.2 Å². The Kier molecular flexibility index (Phi) is 3.16. The van der Waals surface area contributed by atoms with Gasteiger partial charge in [-0.05, 0) is 30.0 Å². The molecule has 1 N–H and O–H groups in total. The molecule has 0 saturated carbocycles. The van der Waals surface area contributed by atoms with Crippen LogP contribution >= 0.6 is 0 Å². The van der Waals surface area contributed by atoms with Crippen molar-refractivity contribution in [2.45, 2.75) is 19.4 Å². The number of rotatable bonds is 2. The molecule has 1 aliphatic heterocycles. The summed E-state index contributed by atoms with van der Waals surface area (Å²) < 4.78 is 5.49. The van der Waals surface area contributed by atoms with Gasteiger partial charge in [0, 0.05) is 11.3 Å². The second kappa shape index (κ2) is 4.96. The zero-order valence-electron chi connectivity index (χ0n) is 11.4. The molecule has 2 aromatic carbocycles. The maximum absolute atomic E-state index is 5.49. The maximum Gasteiger partial charge on any atom is 0.124 e. The number of methoxy groups -OCH3 is 1. The monoisotopic (exact) mass is 253 g/mol. The second-order valence-electron chi connectivity index (χ2n) is 5.20. The Labute approximate surface area is 114 Å². The smallest absolute Gasteiger partial charge is 0.124 e. The molecule has 0 amide bonds. The standard InChI is InChI=1S/C17H19NO/c1-12-11-13-7-3-5-9-15(13)18-17(12)14-8-4-6-10-16(14)19-2/h3-10,12,17-18H,11H2,1-2H3. The van der Waals surface area contributed by atoms with Crippen molar-refractivity contribution in [2.75, 3.05) is 12.4 Å². The molecule has 2 aromatic rings. The fourth-order valence-electron chi connectivity index (χ4n) is 2.92. The molecule has 19 heavy (non-hydrogen) atoms. The number of para-hydroxylation sites is 2. The van der Waals surface area contributed by atoms with Crippen molar-refractivity contribution >= 4 is 5.69 Å². The van der Waals surface area contributed by atoms with Gasteiger partial charge in [-0.15, -0.1) is 0 Å². The van der Waals surface area contributed by atoms with Crippen molar-refractivity contribution in [2.24, 2.45) is 5.92 Å². The number of ether oxygens (including phenoxy) is 1. The molecule has 3 rings (SSSR count). The van der Waals surface area contributed by atoms with E-state index in [0.29, 0.717) is 12.0 Å². The molecule has 98 valence electrons. The van der Waals surface area contributed by atoms with Gasteiger partial charge in [0.1, 0.15) is 5.75 Å². The summed E-state index contributed by atoms with van der Waals surface area (Å²) in [5, 5.41) is 3.66. The zero-order valence-corrected chi connectivity index (χ0v) is 11.4. The van der Waals surface area contributed by atoms with Crippen LogP contribution in [0.4, 0.5) is 5.69 Å². The zero-order chi connectivity index (χ0) is 13.2. The van der Waals surface area contributed by atoms with E-state index < -0.39 is 0 Å². The Hall–Kier alpha value is -1.96. The van der Waals surface area contributed by atoms with Gasteiger partial charge in [0.15, 0.2) is 0 Å². The van der Waals surface area contributed by atoms with E-state index in [0.717, 1.165) is 12.2 Å². The first-order valence-corrected chi connectivity index (χ1v) is 6.77. The predicted octanol–water partition coefficient (Wildman–Crippen LogP) is 4.04. The summed E-state index contributed by atoms with van der Waals surface area (Å²) in [5.41, 5.74) is 3.89. The van der Waals surface area contributed by atoms with E-state index in [1.807, 2.05) is 12.1 Å². The van der Waals surface area contributed by atoms with Crippen LogP contribution in [0.3, 0.4) is 0 Å². The molecule has 0 saturated heterocycles. The van der Waals surface area contributed by atoms with E-state index in [-0.39, 0.29) is 0 Å². The first-order valence-electron chi connectivity index (χ1n) is 6.77. The van der Waals surface area contributed by atoms with Gasteiger partial charge < -0.3 is 10.1 Å². The first-order chi connectivity index (χ1) is 9.29. The van der Waals surface area contributed by atoms with Gasteiger partial charge in [-0.25, -0.2) is 0 Å². The van der Waals surface area contributed by atoms with Crippen molar-refractivity contribution in [3.63, 3.8) is 0 Å². The SMILES string of the molecule is COc1ccccc1C1Nc2ccccc2CC1C. The van der Waals surface area contributed by atoms with Gasteiger partial charge in [0.25, 0.3) is 0 Å². The van der Waals surface area contributed by atoms with Crippen LogP contribution in [0.25, 0.3) is 0 Å². The summed E-state index contributed by atoms with van der Waals surface area (Å²) in [4.78, 5) is 0. The van der Waals surface area contributed by atoms with Crippen molar-refractivity contribution in [1.82, 2.24) is 0 Å². The number of fused-ring (bicyclic) bond motifs is 1. The highest BCUT2D eigenvalue weighted by Gasteiger charge is 2.27. The van der Waals surface area contributed by atoms with E-state index in [4.69, 9.17) is 4.74 Å². The molecule has 0 fully saturated rings.